The highest BCUT2D eigenvalue weighted by molar-refractivity contribution is 7.89. The summed E-state index contributed by atoms with van der Waals surface area (Å²) >= 11 is 11.5. The van der Waals surface area contributed by atoms with E-state index in [1.165, 1.54) is 25.1 Å². The molecule has 2 heterocycles. The summed E-state index contributed by atoms with van der Waals surface area (Å²) in [4.78, 5) is 6.04. The normalized spacial score (nSPS) is 18.4. The van der Waals surface area contributed by atoms with Crippen molar-refractivity contribution in [3.8, 4) is 0 Å². The number of halogens is 2. The molecule has 2 rings (SSSR count). The lowest BCUT2D eigenvalue weighted by Gasteiger charge is -2.21. The molecular formula is C12H17Cl2N3O2S. The van der Waals surface area contributed by atoms with Crippen molar-refractivity contribution in [1.29, 1.82) is 0 Å². The van der Waals surface area contributed by atoms with Crippen molar-refractivity contribution in [1.82, 2.24) is 14.6 Å². The number of rotatable bonds is 5. The predicted molar refractivity (Wildman–Crippen MR) is 79.7 cm³/mol. The Morgan fingerprint density at radius 3 is 2.65 bits per heavy atom. The van der Waals surface area contributed by atoms with Crippen LogP contribution in [0.5, 0.6) is 0 Å². The Labute approximate surface area is 129 Å². The van der Waals surface area contributed by atoms with Crippen LogP contribution in [0, 0.1) is 0 Å². The van der Waals surface area contributed by atoms with Gasteiger partial charge in [-0.2, -0.15) is 0 Å². The van der Waals surface area contributed by atoms with E-state index in [9.17, 15) is 8.42 Å². The summed E-state index contributed by atoms with van der Waals surface area (Å²) < 4.78 is 27.1. The number of likely N-dealkylation sites (tertiary alicyclic amines) is 1. The third-order valence-corrected chi connectivity index (χ3v) is 5.41. The molecule has 1 N–H and O–H groups in total. The largest absolute Gasteiger partial charge is 0.302 e. The van der Waals surface area contributed by atoms with Crippen LogP contribution in [0.1, 0.15) is 19.8 Å². The Balaban J connectivity index is 2.03. The number of nitrogens with one attached hydrogen (secondary N) is 1. The van der Waals surface area contributed by atoms with Gasteiger partial charge in [0.1, 0.15) is 10.0 Å². The minimum atomic E-state index is -3.62. The molecule has 5 nitrogen and oxygen atoms in total. The lowest BCUT2D eigenvalue weighted by molar-refractivity contribution is 0.313. The number of sulfonamides is 1. The van der Waals surface area contributed by atoms with E-state index in [0.29, 0.717) is 6.54 Å². The fraction of sp³-hybridized carbons (Fsp3) is 0.583. The molecule has 1 aromatic rings. The van der Waals surface area contributed by atoms with Gasteiger partial charge in [0.2, 0.25) is 10.0 Å². The van der Waals surface area contributed by atoms with E-state index in [-0.39, 0.29) is 21.1 Å². The second kappa shape index (κ2) is 6.58. The summed E-state index contributed by atoms with van der Waals surface area (Å²) in [5.41, 5.74) is 0. The SMILES string of the molecule is CC(CN1CCCC1)NS(=O)(=O)c1cnc(Cl)c(Cl)c1. The molecule has 1 aliphatic rings. The number of hydrogen-bond donors (Lipinski definition) is 1. The van der Waals surface area contributed by atoms with Crippen LogP contribution in [-0.4, -0.2) is 44.0 Å². The van der Waals surface area contributed by atoms with E-state index in [0.717, 1.165) is 13.1 Å². The van der Waals surface area contributed by atoms with Crippen LogP contribution in [0.2, 0.25) is 10.2 Å². The lowest BCUT2D eigenvalue weighted by Crippen LogP contribution is -2.41. The molecule has 20 heavy (non-hydrogen) atoms. The predicted octanol–water partition coefficient (Wildman–Crippen LogP) is 2.15. The summed E-state index contributed by atoms with van der Waals surface area (Å²) in [5, 5.41) is 0.220. The van der Waals surface area contributed by atoms with Crippen molar-refractivity contribution in [3.05, 3.63) is 22.4 Å². The molecular weight excluding hydrogens is 321 g/mol. The van der Waals surface area contributed by atoms with Gasteiger partial charge < -0.3 is 4.90 Å². The highest BCUT2D eigenvalue weighted by atomic mass is 35.5. The molecule has 0 spiro atoms. The van der Waals surface area contributed by atoms with Crippen LogP contribution in [0.3, 0.4) is 0 Å². The highest BCUT2D eigenvalue weighted by Gasteiger charge is 2.21. The first-order chi connectivity index (χ1) is 9.38. The molecule has 8 heteroatoms. The van der Waals surface area contributed by atoms with Gasteiger partial charge in [-0.3, -0.25) is 0 Å². The molecule has 1 fully saturated rings. The Morgan fingerprint density at radius 2 is 2.05 bits per heavy atom. The van der Waals surface area contributed by atoms with E-state index in [1.54, 1.807) is 0 Å². The van der Waals surface area contributed by atoms with Crippen LogP contribution in [0.25, 0.3) is 0 Å². The number of pyridine rings is 1. The Hall–Kier alpha value is -0.400. The average Bonchev–Trinajstić information content (AvgIpc) is 2.84. The van der Waals surface area contributed by atoms with Gasteiger partial charge in [0.15, 0.2) is 0 Å². The second-order valence-corrected chi connectivity index (χ2v) is 7.45. The van der Waals surface area contributed by atoms with Crippen LogP contribution in [-0.2, 0) is 10.0 Å². The van der Waals surface area contributed by atoms with E-state index in [1.807, 2.05) is 6.92 Å². The summed E-state index contributed by atoms with van der Waals surface area (Å²) in [5.74, 6) is 0. The van der Waals surface area contributed by atoms with E-state index >= 15 is 0 Å². The quantitative estimate of drug-likeness (QED) is 0.836. The minimum Gasteiger partial charge on any atom is -0.302 e. The van der Waals surface area contributed by atoms with Crippen LogP contribution in [0.15, 0.2) is 17.2 Å². The van der Waals surface area contributed by atoms with E-state index in [4.69, 9.17) is 23.2 Å². The standard InChI is InChI=1S/C12H17Cl2N3O2S/c1-9(8-17-4-2-3-5-17)16-20(18,19)10-6-11(13)12(14)15-7-10/h6-7,9,16H,2-5,8H2,1H3. The first-order valence-electron chi connectivity index (χ1n) is 6.44. The van der Waals surface area contributed by atoms with Gasteiger partial charge in [0.25, 0.3) is 0 Å². The Bertz CT molecular complexity index is 574. The third kappa shape index (κ3) is 4.05. The van der Waals surface area contributed by atoms with Crippen LogP contribution < -0.4 is 4.72 Å². The first kappa shape index (κ1) is 16.0. The molecule has 1 unspecified atom stereocenters. The van der Waals surface area contributed by atoms with Crippen LogP contribution in [0.4, 0.5) is 0 Å². The number of aromatic nitrogens is 1. The highest BCUT2D eigenvalue weighted by Crippen LogP contribution is 2.22. The van der Waals surface area contributed by atoms with Gasteiger partial charge in [-0.05, 0) is 38.9 Å². The summed E-state index contributed by atoms with van der Waals surface area (Å²) in [6, 6.07) is 1.13. The average molecular weight is 338 g/mol. The molecule has 1 atom stereocenters. The zero-order chi connectivity index (χ0) is 14.8. The first-order valence-corrected chi connectivity index (χ1v) is 8.68. The maximum absolute atomic E-state index is 12.2. The maximum atomic E-state index is 12.2. The molecule has 0 aliphatic carbocycles. The van der Waals surface area contributed by atoms with Gasteiger partial charge in [0.05, 0.1) is 5.02 Å². The Kier molecular flexibility index (Phi) is 5.25. The van der Waals surface area contributed by atoms with Crippen molar-refractivity contribution in [2.45, 2.75) is 30.7 Å². The molecule has 0 saturated carbocycles. The second-order valence-electron chi connectivity index (χ2n) is 4.97. The molecule has 112 valence electrons. The monoisotopic (exact) mass is 337 g/mol. The van der Waals surface area contributed by atoms with Crippen molar-refractivity contribution < 1.29 is 8.42 Å². The van der Waals surface area contributed by atoms with Crippen molar-refractivity contribution >= 4 is 33.2 Å². The van der Waals surface area contributed by atoms with E-state index < -0.39 is 10.0 Å². The molecule has 0 amide bonds. The Morgan fingerprint density at radius 1 is 1.40 bits per heavy atom. The zero-order valence-electron chi connectivity index (χ0n) is 11.1. The molecule has 0 radical (unpaired) electrons. The van der Waals surface area contributed by atoms with Gasteiger partial charge >= 0.3 is 0 Å². The molecule has 1 aromatic heterocycles. The lowest BCUT2D eigenvalue weighted by atomic mass is 10.3. The fourth-order valence-corrected chi connectivity index (χ4v) is 3.81. The number of hydrogen-bond acceptors (Lipinski definition) is 4. The van der Waals surface area contributed by atoms with Crippen LogP contribution >= 0.6 is 23.2 Å². The van der Waals surface area contributed by atoms with Crippen molar-refractivity contribution in [2.24, 2.45) is 0 Å². The van der Waals surface area contributed by atoms with Gasteiger partial charge in [-0.15, -0.1) is 0 Å². The van der Waals surface area contributed by atoms with Crippen molar-refractivity contribution in [3.63, 3.8) is 0 Å². The zero-order valence-corrected chi connectivity index (χ0v) is 13.5. The fourth-order valence-electron chi connectivity index (χ4n) is 2.27. The van der Waals surface area contributed by atoms with Gasteiger partial charge in [0, 0.05) is 18.8 Å². The number of nitrogens with zero attached hydrogens (tertiary/aromatic N) is 2. The molecule has 0 aromatic carbocycles. The maximum Gasteiger partial charge on any atom is 0.242 e. The third-order valence-electron chi connectivity index (χ3n) is 3.17. The minimum absolute atomic E-state index is 0.0279. The summed E-state index contributed by atoms with van der Waals surface area (Å²) in [6.45, 7) is 4.61. The van der Waals surface area contributed by atoms with Gasteiger partial charge in [-0.1, -0.05) is 23.2 Å². The summed E-state index contributed by atoms with van der Waals surface area (Å²) in [6.07, 6.45) is 3.56. The smallest absolute Gasteiger partial charge is 0.242 e. The van der Waals surface area contributed by atoms with Crippen molar-refractivity contribution in [2.75, 3.05) is 19.6 Å². The topological polar surface area (TPSA) is 62.3 Å². The molecule has 1 aliphatic heterocycles. The molecule has 1 saturated heterocycles. The summed E-state index contributed by atoms with van der Waals surface area (Å²) in [7, 11) is -3.62. The molecule has 0 bridgehead atoms. The van der Waals surface area contributed by atoms with E-state index in [2.05, 4.69) is 14.6 Å². The van der Waals surface area contributed by atoms with Gasteiger partial charge in [-0.25, -0.2) is 18.1 Å².